The molecule has 0 spiro atoms. The van der Waals surface area contributed by atoms with Crippen LogP contribution in [0.15, 0.2) is 28.1 Å². The predicted molar refractivity (Wildman–Crippen MR) is 93.9 cm³/mol. The minimum Gasteiger partial charge on any atom is -0.461 e. The van der Waals surface area contributed by atoms with E-state index in [1.807, 2.05) is 19.1 Å². The van der Waals surface area contributed by atoms with Crippen LogP contribution in [0.25, 0.3) is 0 Å². The summed E-state index contributed by atoms with van der Waals surface area (Å²) in [5.74, 6) is -2.17. The van der Waals surface area contributed by atoms with Gasteiger partial charge in [-0.3, -0.25) is 4.79 Å². The van der Waals surface area contributed by atoms with Gasteiger partial charge in [0.15, 0.2) is 11.6 Å². The maximum absolute atomic E-state index is 12.3. The standard InChI is InChI=1S/C16H14BrN3O3S/c1-3-23-16(22)13-8-24-15(20-13)11(7-18)14(21)19-10-5-4-9(2)12(17)6-10/h4-6,8,11H,3H2,1-2H3,(H,19,21)/t11-/m1/s1. The van der Waals surface area contributed by atoms with E-state index in [2.05, 4.69) is 26.2 Å². The molecule has 1 atom stereocenters. The maximum Gasteiger partial charge on any atom is 0.357 e. The molecule has 0 unspecified atom stereocenters. The summed E-state index contributed by atoms with van der Waals surface area (Å²) in [6, 6.07) is 7.28. The van der Waals surface area contributed by atoms with Crippen molar-refractivity contribution < 1.29 is 14.3 Å². The third kappa shape index (κ3) is 4.19. The van der Waals surface area contributed by atoms with Crippen LogP contribution in [0, 0.1) is 18.3 Å². The molecule has 2 rings (SSSR count). The van der Waals surface area contributed by atoms with Crippen LogP contribution in [-0.4, -0.2) is 23.5 Å². The fraction of sp³-hybridized carbons (Fsp3) is 0.250. The van der Waals surface area contributed by atoms with Crippen LogP contribution in [0.3, 0.4) is 0 Å². The van der Waals surface area contributed by atoms with Crippen molar-refractivity contribution in [2.24, 2.45) is 0 Å². The zero-order valence-corrected chi connectivity index (χ0v) is 15.4. The second-order valence-electron chi connectivity index (χ2n) is 4.81. The van der Waals surface area contributed by atoms with Gasteiger partial charge in [0, 0.05) is 15.5 Å². The molecule has 1 heterocycles. The van der Waals surface area contributed by atoms with Crippen LogP contribution in [0.4, 0.5) is 5.69 Å². The lowest BCUT2D eigenvalue weighted by Gasteiger charge is -2.09. The first-order valence-electron chi connectivity index (χ1n) is 7.05. The Labute approximate surface area is 151 Å². The Kier molecular flexibility index (Phi) is 6.06. The number of thiazole rings is 1. The number of nitriles is 1. The van der Waals surface area contributed by atoms with Crippen LogP contribution in [-0.2, 0) is 9.53 Å². The van der Waals surface area contributed by atoms with E-state index in [1.165, 1.54) is 5.38 Å². The number of anilines is 1. The Morgan fingerprint density at radius 2 is 2.25 bits per heavy atom. The van der Waals surface area contributed by atoms with Gasteiger partial charge in [0.1, 0.15) is 5.01 Å². The maximum atomic E-state index is 12.3. The van der Waals surface area contributed by atoms with Crippen molar-refractivity contribution in [3.63, 3.8) is 0 Å². The van der Waals surface area contributed by atoms with E-state index in [0.717, 1.165) is 21.4 Å². The Bertz CT molecular complexity index is 813. The molecule has 1 N–H and O–H groups in total. The van der Waals surface area contributed by atoms with Crippen molar-refractivity contribution in [3.05, 3.63) is 44.3 Å². The Morgan fingerprint density at radius 1 is 1.50 bits per heavy atom. The van der Waals surface area contributed by atoms with E-state index in [1.54, 1.807) is 19.1 Å². The summed E-state index contributed by atoms with van der Waals surface area (Å²) in [6.45, 7) is 3.85. The minimum atomic E-state index is -1.10. The molecule has 0 bridgehead atoms. The normalized spacial score (nSPS) is 11.4. The SMILES string of the molecule is CCOC(=O)c1csc([C@H](C#N)C(=O)Nc2ccc(C)c(Br)c2)n1. The number of esters is 1. The summed E-state index contributed by atoms with van der Waals surface area (Å²) < 4.78 is 5.71. The van der Waals surface area contributed by atoms with Gasteiger partial charge in [-0.2, -0.15) is 5.26 Å². The fourth-order valence-electron chi connectivity index (χ4n) is 1.83. The molecule has 0 aliphatic rings. The molecule has 1 amide bonds. The highest BCUT2D eigenvalue weighted by atomic mass is 79.9. The lowest BCUT2D eigenvalue weighted by atomic mass is 10.1. The molecule has 0 radical (unpaired) electrons. The fourth-order valence-corrected chi connectivity index (χ4v) is 3.04. The van der Waals surface area contributed by atoms with Crippen LogP contribution >= 0.6 is 27.3 Å². The van der Waals surface area contributed by atoms with Crippen molar-refractivity contribution in [1.29, 1.82) is 5.26 Å². The van der Waals surface area contributed by atoms with Crippen LogP contribution in [0.1, 0.15) is 33.9 Å². The summed E-state index contributed by atoms with van der Waals surface area (Å²) in [7, 11) is 0. The minimum absolute atomic E-state index is 0.1000. The summed E-state index contributed by atoms with van der Waals surface area (Å²) >= 11 is 4.47. The van der Waals surface area contributed by atoms with Gasteiger partial charge in [0.2, 0.25) is 5.91 Å². The van der Waals surface area contributed by atoms with E-state index < -0.39 is 17.8 Å². The predicted octanol–water partition coefficient (Wildman–Crippen LogP) is 3.64. The van der Waals surface area contributed by atoms with Crippen molar-refractivity contribution in [2.75, 3.05) is 11.9 Å². The number of benzene rings is 1. The van der Waals surface area contributed by atoms with E-state index in [9.17, 15) is 14.9 Å². The topological polar surface area (TPSA) is 92.1 Å². The molecule has 124 valence electrons. The lowest BCUT2D eigenvalue weighted by Crippen LogP contribution is -2.20. The number of aryl methyl sites for hydroxylation is 1. The summed E-state index contributed by atoms with van der Waals surface area (Å²) in [4.78, 5) is 28.0. The lowest BCUT2D eigenvalue weighted by molar-refractivity contribution is -0.116. The van der Waals surface area contributed by atoms with Gasteiger partial charge in [0.05, 0.1) is 12.7 Å². The number of hydrogen-bond donors (Lipinski definition) is 1. The van der Waals surface area contributed by atoms with Crippen molar-refractivity contribution >= 4 is 44.8 Å². The molecule has 24 heavy (non-hydrogen) atoms. The second-order valence-corrected chi connectivity index (χ2v) is 6.55. The molecule has 6 nitrogen and oxygen atoms in total. The van der Waals surface area contributed by atoms with Gasteiger partial charge in [-0.25, -0.2) is 9.78 Å². The number of amides is 1. The summed E-state index contributed by atoms with van der Waals surface area (Å²) in [5, 5.41) is 13.7. The zero-order valence-electron chi connectivity index (χ0n) is 13.0. The third-order valence-electron chi connectivity index (χ3n) is 3.08. The molecule has 0 saturated heterocycles. The molecule has 8 heteroatoms. The molecule has 0 aliphatic carbocycles. The van der Waals surface area contributed by atoms with E-state index >= 15 is 0 Å². The van der Waals surface area contributed by atoms with Crippen molar-refractivity contribution in [2.45, 2.75) is 19.8 Å². The van der Waals surface area contributed by atoms with E-state index in [0.29, 0.717) is 5.69 Å². The Balaban J connectivity index is 2.16. The van der Waals surface area contributed by atoms with Crippen LogP contribution < -0.4 is 5.32 Å². The highest BCUT2D eigenvalue weighted by Gasteiger charge is 2.25. The van der Waals surface area contributed by atoms with Crippen molar-refractivity contribution in [1.82, 2.24) is 4.98 Å². The second kappa shape index (κ2) is 8.04. The monoisotopic (exact) mass is 407 g/mol. The molecular weight excluding hydrogens is 394 g/mol. The number of carbonyl (C=O) groups excluding carboxylic acids is 2. The quantitative estimate of drug-likeness (QED) is 0.763. The average molecular weight is 408 g/mol. The number of hydrogen-bond acceptors (Lipinski definition) is 6. The van der Waals surface area contributed by atoms with Crippen LogP contribution in [0.2, 0.25) is 0 Å². The van der Waals surface area contributed by atoms with Gasteiger partial charge in [0.25, 0.3) is 0 Å². The third-order valence-corrected chi connectivity index (χ3v) is 4.85. The first kappa shape index (κ1) is 18.1. The Hall–Kier alpha value is -2.24. The molecular formula is C16H14BrN3O3S. The number of aromatic nitrogens is 1. The average Bonchev–Trinajstić information content (AvgIpc) is 3.02. The van der Waals surface area contributed by atoms with E-state index in [-0.39, 0.29) is 17.3 Å². The molecule has 0 aliphatic heterocycles. The highest BCUT2D eigenvalue weighted by Crippen LogP contribution is 2.24. The first-order valence-corrected chi connectivity index (χ1v) is 8.72. The van der Waals surface area contributed by atoms with E-state index in [4.69, 9.17) is 4.74 Å². The molecule has 1 aromatic heterocycles. The highest BCUT2D eigenvalue weighted by molar-refractivity contribution is 9.10. The molecule has 0 fully saturated rings. The number of ether oxygens (including phenoxy) is 1. The zero-order chi connectivity index (χ0) is 17.7. The van der Waals surface area contributed by atoms with Gasteiger partial charge in [-0.1, -0.05) is 22.0 Å². The summed E-state index contributed by atoms with van der Waals surface area (Å²) in [5.41, 5.74) is 1.70. The van der Waals surface area contributed by atoms with Gasteiger partial charge < -0.3 is 10.1 Å². The molecule has 0 saturated carbocycles. The summed E-state index contributed by atoms with van der Waals surface area (Å²) in [6.07, 6.45) is 0. The number of rotatable bonds is 5. The van der Waals surface area contributed by atoms with Gasteiger partial charge in [-0.05, 0) is 31.5 Å². The molecule has 1 aromatic carbocycles. The first-order chi connectivity index (χ1) is 11.5. The number of halogens is 1. The van der Waals surface area contributed by atoms with Crippen LogP contribution in [0.5, 0.6) is 0 Å². The van der Waals surface area contributed by atoms with Crippen molar-refractivity contribution in [3.8, 4) is 6.07 Å². The smallest absolute Gasteiger partial charge is 0.357 e. The molecule has 2 aromatic rings. The van der Waals surface area contributed by atoms with Gasteiger partial charge in [-0.15, -0.1) is 11.3 Å². The Morgan fingerprint density at radius 3 is 2.88 bits per heavy atom. The number of carbonyl (C=O) groups is 2. The number of nitrogens with zero attached hydrogens (tertiary/aromatic N) is 2. The van der Waals surface area contributed by atoms with Gasteiger partial charge >= 0.3 is 5.97 Å². The largest absolute Gasteiger partial charge is 0.461 e. The number of nitrogens with one attached hydrogen (secondary N) is 1.